The quantitative estimate of drug-likeness (QED) is 0.367. The molecule has 0 atom stereocenters. The molecule has 0 saturated heterocycles. The maximum atomic E-state index is 13.6. The van der Waals surface area contributed by atoms with Crippen molar-refractivity contribution in [2.45, 2.75) is 6.42 Å². The van der Waals surface area contributed by atoms with Crippen molar-refractivity contribution in [2.75, 3.05) is 19.0 Å². The number of hydrogen-bond donors (Lipinski definition) is 2. The van der Waals surface area contributed by atoms with E-state index in [0.29, 0.717) is 40.0 Å². The SMILES string of the molecule is COc1ccc(NC(N)=NCCc2c(F)cccc2Cl)cc1Cl.I. The standard InChI is InChI=1S/C16H16Cl2FN3O.HI/c1-23-15-6-5-10(9-13(15)18)22-16(20)21-8-7-11-12(17)3-2-4-14(11)19;/h2-6,9H,7-8H2,1H3,(H3,20,21,22);1H. The first-order valence-corrected chi connectivity index (χ1v) is 7.60. The van der Waals surface area contributed by atoms with Gasteiger partial charge in [-0.2, -0.15) is 0 Å². The zero-order valence-electron chi connectivity index (χ0n) is 12.9. The molecule has 2 rings (SSSR count). The molecule has 0 radical (unpaired) electrons. The predicted octanol–water partition coefficient (Wildman–Crippen LogP) is 4.73. The van der Waals surface area contributed by atoms with Gasteiger partial charge in [-0.25, -0.2) is 4.39 Å². The van der Waals surface area contributed by atoms with Gasteiger partial charge in [-0.05, 0) is 36.8 Å². The van der Waals surface area contributed by atoms with Gasteiger partial charge < -0.3 is 15.8 Å². The molecule has 24 heavy (non-hydrogen) atoms. The molecule has 2 aromatic carbocycles. The van der Waals surface area contributed by atoms with Gasteiger partial charge in [-0.1, -0.05) is 29.3 Å². The van der Waals surface area contributed by atoms with E-state index in [4.69, 9.17) is 33.7 Å². The van der Waals surface area contributed by atoms with Gasteiger partial charge in [0.05, 0.1) is 12.1 Å². The molecule has 3 N–H and O–H groups in total. The maximum absolute atomic E-state index is 13.6. The molecule has 0 amide bonds. The zero-order valence-corrected chi connectivity index (χ0v) is 16.7. The molecule has 0 spiro atoms. The van der Waals surface area contributed by atoms with E-state index in [2.05, 4.69) is 10.3 Å². The van der Waals surface area contributed by atoms with Crippen LogP contribution in [0.3, 0.4) is 0 Å². The van der Waals surface area contributed by atoms with Crippen molar-refractivity contribution >= 4 is 58.8 Å². The number of hydrogen-bond acceptors (Lipinski definition) is 2. The van der Waals surface area contributed by atoms with Gasteiger partial charge in [-0.3, -0.25) is 4.99 Å². The van der Waals surface area contributed by atoms with E-state index >= 15 is 0 Å². The number of nitrogens with two attached hydrogens (primary N) is 1. The second-order valence-electron chi connectivity index (χ2n) is 4.69. The normalized spacial score (nSPS) is 10.9. The minimum atomic E-state index is -0.346. The summed E-state index contributed by atoms with van der Waals surface area (Å²) in [5, 5.41) is 3.76. The van der Waals surface area contributed by atoms with Crippen LogP contribution in [-0.2, 0) is 6.42 Å². The highest BCUT2D eigenvalue weighted by molar-refractivity contribution is 14.0. The highest BCUT2D eigenvalue weighted by Gasteiger charge is 2.06. The second-order valence-corrected chi connectivity index (χ2v) is 5.51. The minimum absolute atomic E-state index is 0. The number of benzene rings is 2. The molecule has 0 unspecified atom stereocenters. The van der Waals surface area contributed by atoms with Crippen LogP contribution in [0.25, 0.3) is 0 Å². The smallest absolute Gasteiger partial charge is 0.193 e. The summed E-state index contributed by atoms with van der Waals surface area (Å²) in [5.41, 5.74) is 6.91. The third kappa shape index (κ3) is 5.68. The van der Waals surface area contributed by atoms with Crippen LogP contribution in [0.2, 0.25) is 10.0 Å². The molecule has 0 aromatic heterocycles. The maximum Gasteiger partial charge on any atom is 0.193 e. The van der Waals surface area contributed by atoms with Gasteiger partial charge >= 0.3 is 0 Å². The van der Waals surface area contributed by atoms with Crippen molar-refractivity contribution in [3.05, 3.63) is 57.8 Å². The first-order valence-electron chi connectivity index (χ1n) is 6.84. The molecular weight excluding hydrogens is 467 g/mol. The molecule has 4 nitrogen and oxygen atoms in total. The van der Waals surface area contributed by atoms with E-state index in [1.54, 1.807) is 30.3 Å². The zero-order chi connectivity index (χ0) is 16.8. The van der Waals surface area contributed by atoms with Crippen LogP contribution in [0.5, 0.6) is 5.75 Å². The largest absolute Gasteiger partial charge is 0.495 e. The molecule has 0 aliphatic heterocycles. The van der Waals surface area contributed by atoms with Crippen LogP contribution in [0.1, 0.15) is 5.56 Å². The highest BCUT2D eigenvalue weighted by Crippen LogP contribution is 2.27. The van der Waals surface area contributed by atoms with Crippen LogP contribution in [0, 0.1) is 5.82 Å². The molecule has 0 bridgehead atoms. The molecule has 0 heterocycles. The first kappa shape index (κ1) is 20.8. The van der Waals surface area contributed by atoms with Crippen LogP contribution < -0.4 is 15.8 Å². The van der Waals surface area contributed by atoms with Crippen LogP contribution >= 0.6 is 47.2 Å². The lowest BCUT2D eigenvalue weighted by atomic mass is 10.1. The van der Waals surface area contributed by atoms with Gasteiger partial charge in [0.15, 0.2) is 5.96 Å². The van der Waals surface area contributed by atoms with Crippen LogP contribution in [-0.4, -0.2) is 19.6 Å². The topological polar surface area (TPSA) is 59.6 Å². The Hall–Kier alpha value is -1.25. The van der Waals surface area contributed by atoms with Gasteiger partial charge in [0.2, 0.25) is 0 Å². The number of rotatable bonds is 5. The molecule has 130 valence electrons. The number of guanidine groups is 1. The lowest BCUT2D eigenvalue weighted by molar-refractivity contribution is 0.415. The number of anilines is 1. The summed E-state index contributed by atoms with van der Waals surface area (Å²) in [6.07, 6.45) is 0.358. The summed E-state index contributed by atoms with van der Waals surface area (Å²) in [6, 6.07) is 9.73. The Morgan fingerprint density at radius 1 is 1.25 bits per heavy atom. The Labute approximate surface area is 167 Å². The Kier molecular flexibility index (Phi) is 8.58. The molecule has 0 saturated carbocycles. The van der Waals surface area contributed by atoms with Gasteiger partial charge in [-0.15, -0.1) is 24.0 Å². The molecule has 8 heteroatoms. The van der Waals surface area contributed by atoms with E-state index in [-0.39, 0.29) is 35.8 Å². The van der Waals surface area contributed by atoms with E-state index in [9.17, 15) is 4.39 Å². The van der Waals surface area contributed by atoms with Gasteiger partial charge in [0, 0.05) is 22.8 Å². The number of nitrogens with one attached hydrogen (secondary N) is 1. The average molecular weight is 484 g/mol. The Balaban J connectivity index is 0.00000288. The monoisotopic (exact) mass is 483 g/mol. The number of halogens is 4. The van der Waals surface area contributed by atoms with Crippen molar-refractivity contribution in [3.63, 3.8) is 0 Å². The van der Waals surface area contributed by atoms with Crippen molar-refractivity contribution in [1.82, 2.24) is 0 Å². The fourth-order valence-electron chi connectivity index (χ4n) is 1.99. The molecule has 0 fully saturated rings. The van der Waals surface area contributed by atoms with Crippen LogP contribution in [0.4, 0.5) is 10.1 Å². The Bertz CT molecular complexity index is 708. The summed E-state index contributed by atoms with van der Waals surface area (Å²) >= 11 is 12.0. The minimum Gasteiger partial charge on any atom is -0.495 e. The Morgan fingerprint density at radius 2 is 2.00 bits per heavy atom. The van der Waals surface area contributed by atoms with E-state index < -0.39 is 0 Å². The Morgan fingerprint density at radius 3 is 2.62 bits per heavy atom. The van der Waals surface area contributed by atoms with Gasteiger partial charge in [0.25, 0.3) is 0 Å². The molecule has 0 aliphatic rings. The van der Waals surface area contributed by atoms with Crippen LogP contribution in [0.15, 0.2) is 41.4 Å². The van der Waals surface area contributed by atoms with E-state index in [0.717, 1.165) is 0 Å². The fraction of sp³-hybridized carbons (Fsp3) is 0.188. The number of nitrogens with zero attached hydrogens (tertiary/aromatic N) is 1. The third-order valence-electron chi connectivity index (χ3n) is 3.13. The van der Waals surface area contributed by atoms with E-state index in [1.807, 2.05) is 0 Å². The lowest BCUT2D eigenvalue weighted by Crippen LogP contribution is -2.23. The van der Waals surface area contributed by atoms with Crippen molar-refractivity contribution < 1.29 is 9.13 Å². The molecular formula is C16H17Cl2FIN3O. The fourth-order valence-corrected chi connectivity index (χ4v) is 2.51. The van der Waals surface area contributed by atoms with Gasteiger partial charge in [0.1, 0.15) is 11.6 Å². The van der Waals surface area contributed by atoms with Crippen molar-refractivity contribution in [1.29, 1.82) is 0 Å². The van der Waals surface area contributed by atoms with Crippen molar-refractivity contribution in [3.8, 4) is 5.75 Å². The summed E-state index contributed by atoms with van der Waals surface area (Å²) in [5.74, 6) is 0.432. The van der Waals surface area contributed by atoms with E-state index in [1.165, 1.54) is 13.2 Å². The molecule has 2 aromatic rings. The lowest BCUT2D eigenvalue weighted by Gasteiger charge is -2.09. The average Bonchev–Trinajstić information content (AvgIpc) is 2.50. The number of aliphatic imine (C=N–C) groups is 1. The molecule has 0 aliphatic carbocycles. The second kappa shape index (κ2) is 9.90. The summed E-state index contributed by atoms with van der Waals surface area (Å²) in [7, 11) is 1.54. The van der Waals surface area contributed by atoms with Crippen molar-refractivity contribution in [2.24, 2.45) is 10.7 Å². The predicted molar refractivity (Wildman–Crippen MR) is 109 cm³/mol. The number of ether oxygens (including phenoxy) is 1. The number of methoxy groups -OCH3 is 1. The highest BCUT2D eigenvalue weighted by atomic mass is 127. The third-order valence-corrected chi connectivity index (χ3v) is 3.78. The first-order chi connectivity index (χ1) is 11.0. The summed E-state index contributed by atoms with van der Waals surface area (Å²) < 4.78 is 18.7. The summed E-state index contributed by atoms with van der Waals surface area (Å²) in [4.78, 5) is 4.15. The summed E-state index contributed by atoms with van der Waals surface area (Å²) in [6.45, 7) is 0.309.